The zero-order valence-electron chi connectivity index (χ0n) is 20.0. The summed E-state index contributed by atoms with van der Waals surface area (Å²) in [4.78, 5) is 32.5. The summed E-state index contributed by atoms with van der Waals surface area (Å²) in [6.07, 6.45) is 1.51. The van der Waals surface area contributed by atoms with E-state index >= 15 is 0 Å². The van der Waals surface area contributed by atoms with Gasteiger partial charge in [0.05, 0.1) is 23.9 Å². The number of nitrogens with one attached hydrogen (secondary N) is 2. The molecule has 8 nitrogen and oxygen atoms in total. The number of anilines is 1. The number of benzene rings is 2. The molecule has 0 saturated carbocycles. The summed E-state index contributed by atoms with van der Waals surface area (Å²) in [5.41, 5.74) is 2.21. The highest BCUT2D eigenvalue weighted by Crippen LogP contribution is 2.35. The lowest BCUT2D eigenvalue weighted by Crippen LogP contribution is -2.49. The fourth-order valence-electron chi connectivity index (χ4n) is 4.11. The number of thiazole rings is 1. The van der Waals surface area contributed by atoms with Gasteiger partial charge in [-0.15, -0.1) is 11.3 Å². The molecule has 3 N–H and O–H groups in total. The van der Waals surface area contributed by atoms with Gasteiger partial charge < -0.3 is 25.4 Å². The number of aliphatic hydroxyl groups is 1. The maximum Gasteiger partial charge on any atom is 0.258 e. The van der Waals surface area contributed by atoms with Crippen LogP contribution in [0.5, 0.6) is 5.75 Å². The first kappa shape index (κ1) is 24.8. The molecule has 0 fully saturated rings. The highest BCUT2D eigenvalue weighted by atomic mass is 32.1. The van der Waals surface area contributed by atoms with E-state index in [4.69, 9.17) is 4.74 Å². The lowest BCUT2D eigenvalue weighted by Gasteiger charge is -2.37. The molecule has 2 aromatic carbocycles. The average molecular weight is 495 g/mol. The van der Waals surface area contributed by atoms with Crippen molar-refractivity contribution in [1.82, 2.24) is 15.2 Å². The molecule has 0 bridgehead atoms. The van der Waals surface area contributed by atoms with Crippen LogP contribution in [-0.2, 0) is 0 Å². The van der Waals surface area contributed by atoms with Crippen molar-refractivity contribution in [2.45, 2.75) is 26.0 Å². The van der Waals surface area contributed by atoms with Gasteiger partial charge in [-0.05, 0) is 38.2 Å². The van der Waals surface area contributed by atoms with Gasteiger partial charge in [0.2, 0.25) is 0 Å². The molecule has 0 spiro atoms. The van der Waals surface area contributed by atoms with Crippen molar-refractivity contribution in [3.8, 4) is 16.3 Å². The first-order valence-electron chi connectivity index (χ1n) is 11.6. The predicted molar refractivity (Wildman–Crippen MR) is 137 cm³/mol. The van der Waals surface area contributed by atoms with Gasteiger partial charge in [0, 0.05) is 41.7 Å². The smallest absolute Gasteiger partial charge is 0.258 e. The number of nitrogens with zero attached hydrogens (tertiary/aromatic N) is 2. The number of rotatable bonds is 7. The number of aliphatic hydroxyl groups excluding tert-OH is 1. The molecule has 2 amide bonds. The summed E-state index contributed by atoms with van der Waals surface area (Å²) in [7, 11) is 1.85. The molecule has 1 aromatic heterocycles. The SMILES string of the molecule is CNC[C@H]1Oc2c(NC(=O)c3ccc(-c4nccs4)cc3)cccc2C(=O)N([C@H](C)CO)C[C@@H]1C. The van der Waals surface area contributed by atoms with Crippen molar-refractivity contribution < 1.29 is 19.4 Å². The minimum atomic E-state index is -0.347. The number of likely N-dealkylation sites (N-methyl/N-ethyl adjacent to an activating group) is 1. The molecule has 1 aliphatic heterocycles. The van der Waals surface area contributed by atoms with Gasteiger partial charge in [-0.25, -0.2) is 4.98 Å². The number of carbonyl (C=O) groups excluding carboxylic acids is 2. The summed E-state index contributed by atoms with van der Waals surface area (Å²) in [5, 5.41) is 18.6. The molecule has 0 unspecified atom stereocenters. The normalized spacial score (nSPS) is 18.7. The van der Waals surface area contributed by atoms with E-state index < -0.39 is 0 Å². The molecule has 3 atom stereocenters. The van der Waals surface area contributed by atoms with Crippen molar-refractivity contribution in [2.24, 2.45) is 5.92 Å². The van der Waals surface area contributed by atoms with Gasteiger partial charge in [0.25, 0.3) is 11.8 Å². The van der Waals surface area contributed by atoms with Crippen LogP contribution in [-0.4, -0.2) is 65.7 Å². The first-order valence-corrected chi connectivity index (χ1v) is 12.5. The number of carbonyl (C=O) groups is 2. The summed E-state index contributed by atoms with van der Waals surface area (Å²) in [5.74, 6) is -0.205. The number of hydrogen-bond acceptors (Lipinski definition) is 7. The Balaban J connectivity index is 1.65. The topological polar surface area (TPSA) is 104 Å². The Morgan fingerprint density at radius 2 is 2.06 bits per heavy atom. The molecule has 1 aliphatic rings. The van der Waals surface area contributed by atoms with Crippen molar-refractivity contribution in [3.05, 3.63) is 65.2 Å². The van der Waals surface area contributed by atoms with Gasteiger partial charge in [-0.1, -0.05) is 25.1 Å². The molecule has 0 saturated heterocycles. The molecule has 3 aromatic rings. The maximum atomic E-state index is 13.5. The Hall–Kier alpha value is -3.27. The number of para-hydroxylation sites is 1. The highest BCUT2D eigenvalue weighted by molar-refractivity contribution is 7.13. The van der Waals surface area contributed by atoms with Crippen LogP contribution in [0.25, 0.3) is 10.6 Å². The van der Waals surface area contributed by atoms with E-state index in [-0.39, 0.29) is 36.5 Å². The van der Waals surface area contributed by atoms with Gasteiger partial charge in [0.1, 0.15) is 11.1 Å². The fraction of sp³-hybridized carbons (Fsp3) is 0.346. The van der Waals surface area contributed by atoms with E-state index in [2.05, 4.69) is 15.6 Å². The van der Waals surface area contributed by atoms with Crippen LogP contribution in [0.3, 0.4) is 0 Å². The Labute approximate surface area is 209 Å². The van der Waals surface area contributed by atoms with E-state index in [1.165, 1.54) is 11.3 Å². The number of aromatic nitrogens is 1. The molecule has 4 rings (SSSR count). The molecule has 0 aliphatic carbocycles. The van der Waals surface area contributed by atoms with Crippen LogP contribution in [0, 0.1) is 5.92 Å². The largest absolute Gasteiger partial charge is 0.486 e. The monoisotopic (exact) mass is 494 g/mol. The molecule has 184 valence electrons. The van der Waals surface area contributed by atoms with Crippen molar-refractivity contribution in [2.75, 3.05) is 32.1 Å². The maximum absolute atomic E-state index is 13.5. The zero-order valence-corrected chi connectivity index (χ0v) is 20.8. The summed E-state index contributed by atoms with van der Waals surface area (Å²) in [6.45, 7) is 4.72. The van der Waals surface area contributed by atoms with E-state index in [9.17, 15) is 14.7 Å². The van der Waals surface area contributed by atoms with Crippen molar-refractivity contribution in [1.29, 1.82) is 0 Å². The third-order valence-electron chi connectivity index (χ3n) is 6.17. The molecule has 0 radical (unpaired) electrons. The molecule has 2 heterocycles. The van der Waals surface area contributed by atoms with E-state index in [1.54, 1.807) is 41.4 Å². The quantitative estimate of drug-likeness (QED) is 0.465. The molecular weight excluding hydrogens is 464 g/mol. The van der Waals surface area contributed by atoms with Gasteiger partial charge >= 0.3 is 0 Å². The van der Waals surface area contributed by atoms with Crippen LogP contribution in [0.2, 0.25) is 0 Å². The van der Waals surface area contributed by atoms with E-state index in [1.807, 2.05) is 38.4 Å². The Morgan fingerprint density at radius 1 is 1.29 bits per heavy atom. The Kier molecular flexibility index (Phi) is 7.80. The molecular formula is C26H30N4O4S. The van der Waals surface area contributed by atoms with Crippen LogP contribution in [0.1, 0.15) is 34.6 Å². The fourth-order valence-corrected chi connectivity index (χ4v) is 4.76. The summed E-state index contributed by atoms with van der Waals surface area (Å²) in [6, 6.07) is 12.0. The minimum Gasteiger partial charge on any atom is -0.486 e. The van der Waals surface area contributed by atoms with Crippen LogP contribution in [0.4, 0.5) is 5.69 Å². The number of fused-ring (bicyclic) bond motifs is 1. The Bertz CT molecular complexity index is 1170. The van der Waals surface area contributed by atoms with Gasteiger partial charge in [-0.2, -0.15) is 0 Å². The standard InChI is InChI=1S/C26H30N4O4S/c1-16-14-30(17(2)15-31)26(33)20-5-4-6-21(23(20)34-22(16)13-27-3)29-24(32)18-7-9-19(10-8-18)25-28-11-12-35-25/h4-12,16-17,22,27,31H,13-15H2,1-3H3,(H,29,32)/t16-,17+,22+/m0/s1. The van der Waals surface area contributed by atoms with Crippen molar-refractivity contribution in [3.63, 3.8) is 0 Å². The number of amides is 2. The first-order chi connectivity index (χ1) is 16.9. The third kappa shape index (κ3) is 5.37. The second kappa shape index (κ2) is 11.0. The Morgan fingerprint density at radius 3 is 2.71 bits per heavy atom. The second-order valence-corrected chi connectivity index (χ2v) is 9.63. The number of ether oxygens (including phenoxy) is 1. The van der Waals surface area contributed by atoms with Crippen LogP contribution >= 0.6 is 11.3 Å². The van der Waals surface area contributed by atoms with Crippen LogP contribution < -0.4 is 15.4 Å². The van der Waals surface area contributed by atoms with E-state index in [0.717, 1.165) is 10.6 Å². The third-order valence-corrected chi connectivity index (χ3v) is 6.99. The summed E-state index contributed by atoms with van der Waals surface area (Å²) < 4.78 is 6.36. The zero-order chi connectivity index (χ0) is 24.9. The van der Waals surface area contributed by atoms with Gasteiger partial charge in [-0.3, -0.25) is 9.59 Å². The predicted octanol–water partition coefficient (Wildman–Crippen LogP) is 3.50. The summed E-state index contributed by atoms with van der Waals surface area (Å²) >= 11 is 1.54. The highest BCUT2D eigenvalue weighted by Gasteiger charge is 2.33. The minimum absolute atomic E-state index is 0.00397. The second-order valence-electron chi connectivity index (χ2n) is 8.73. The average Bonchev–Trinajstić information content (AvgIpc) is 3.41. The lowest BCUT2D eigenvalue weighted by molar-refractivity contribution is 0.0417. The molecule has 35 heavy (non-hydrogen) atoms. The van der Waals surface area contributed by atoms with Crippen LogP contribution in [0.15, 0.2) is 54.0 Å². The van der Waals surface area contributed by atoms with Crippen molar-refractivity contribution >= 4 is 28.8 Å². The van der Waals surface area contributed by atoms with Gasteiger partial charge in [0.15, 0.2) is 5.75 Å². The lowest BCUT2D eigenvalue weighted by atomic mass is 9.99. The molecule has 9 heteroatoms. The van der Waals surface area contributed by atoms with E-state index in [0.29, 0.717) is 35.7 Å². The number of hydrogen-bond donors (Lipinski definition) is 3.